The highest BCUT2D eigenvalue weighted by atomic mass is 35.5. The summed E-state index contributed by atoms with van der Waals surface area (Å²) >= 11 is 7.05. The second kappa shape index (κ2) is 8.41. The molecular weight excluding hydrogens is 400 g/mol. The Labute approximate surface area is 170 Å². The highest BCUT2D eigenvalue weighted by molar-refractivity contribution is 7.12. The van der Waals surface area contributed by atoms with Gasteiger partial charge in [0.15, 0.2) is 0 Å². The highest BCUT2D eigenvalue weighted by Crippen LogP contribution is 2.29. The smallest absolute Gasteiger partial charge is 0.294 e. The number of nitro groups is 1. The second-order valence-electron chi connectivity index (χ2n) is 6.20. The van der Waals surface area contributed by atoms with Crippen molar-refractivity contribution in [2.24, 2.45) is 0 Å². The summed E-state index contributed by atoms with van der Waals surface area (Å²) in [4.78, 5) is 23.5. The molecule has 6 nitrogen and oxygen atoms in total. The zero-order valence-electron chi connectivity index (χ0n) is 15.2. The maximum Gasteiger partial charge on any atom is 0.294 e. The molecule has 1 amide bonds. The van der Waals surface area contributed by atoms with E-state index in [9.17, 15) is 14.9 Å². The van der Waals surface area contributed by atoms with Crippen LogP contribution in [0, 0.1) is 24.0 Å². The minimum Gasteiger partial charge on any atom is -0.488 e. The van der Waals surface area contributed by atoms with Crippen molar-refractivity contribution in [1.29, 1.82) is 0 Å². The molecule has 0 unspecified atom stereocenters. The van der Waals surface area contributed by atoms with Gasteiger partial charge in [-0.25, -0.2) is 0 Å². The van der Waals surface area contributed by atoms with E-state index in [-0.39, 0.29) is 16.4 Å². The van der Waals surface area contributed by atoms with Crippen LogP contribution in [0.2, 0.25) is 5.02 Å². The van der Waals surface area contributed by atoms with E-state index in [1.807, 2.05) is 37.4 Å². The molecule has 3 rings (SSSR count). The van der Waals surface area contributed by atoms with Crippen LogP contribution in [-0.4, -0.2) is 10.8 Å². The molecule has 144 valence electrons. The number of carbonyl (C=O) groups is 1. The molecule has 1 heterocycles. The van der Waals surface area contributed by atoms with Crippen molar-refractivity contribution < 1.29 is 14.5 Å². The summed E-state index contributed by atoms with van der Waals surface area (Å²) < 4.78 is 5.90. The fourth-order valence-electron chi connectivity index (χ4n) is 2.70. The normalized spacial score (nSPS) is 10.5. The summed E-state index contributed by atoms with van der Waals surface area (Å²) in [6, 6.07) is 11.8. The Morgan fingerprint density at radius 2 is 1.93 bits per heavy atom. The Hall–Kier alpha value is -2.90. The lowest BCUT2D eigenvalue weighted by Gasteiger charge is -2.10. The van der Waals surface area contributed by atoms with Gasteiger partial charge in [-0.15, -0.1) is 11.3 Å². The number of hydrogen-bond acceptors (Lipinski definition) is 5. The number of anilines is 1. The third kappa shape index (κ3) is 4.49. The molecule has 8 heteroatoms. The van der Waals surface area contributed by atoms with Crippen molar-refractivity contribution in [2.45, 2.75) is 20.5 Å². The van der Waals surface area contributed by atoms with Crippen molar-refractivity contribution in [2.75, 3.05) is 5.32 Å². The van der Waals surface area contributed by atoms with E-state index in [0.717, 1.165) is 22.4 Å². The number of para-hydroxylation sites is 1. The standard InChI is InChI=1S/C20H17ClN2O4S/c1-12-4-3-5-13(2)19(12)27-10-14-8-18(28-11-14)20(24)22-16-7-6-15(21)9-17(16)23(25)26/h3-9,11H,10H2,1-2H3,(H,22,24). The maximum atomic E-state index is 12.5. The fraction of sp³-hybridized carbons (Fsp3) is 0.150. The summed E-state index contributed by atoms with van der Waals surface area (Å²) in [5.74, 6) is 0.408. The van der Waals surface area contributed by atoms with Crippen LogP contribution < -0.4 is 10.1 Å². The lowest BCUT2D eigenvalue weighted by molar-refractivity contribution is -0.383. The molecule has 3 aromatic rings. The number of aryl methyl sites for hydroxylation is 2. The molecule has 1 N–H and O–H groups in total. The average molecular weight is 417 g/mol. The Morgan fingerprint density at radius 3 is 2.61 bits per heavy atom. The number of thiophene rings is 1. The predicted molar refractivity (Wildman–Crippen MR) is 111 cm³/mol. The molecular formula is C20H17ClN2O4S. The van der Waals surface area contributed by atoms with Gasteiger partial charge in [0.2, 0.25) is 0 Å². The van der Waals surface area contributed by atoms with Crippen LogP contribution in [0.5, 0.6) is 5.75 Å². The first-order chi connectivity index (χ1) is 13.3. The zero-order valence-corrected chi connectivity index (χ0v) is 16.8. The van der Waals surface area contributed by atoms with Crippen LogP contribution in [0.15, 0.2) is 47.8 Å². The number of halogens is 1. The Bertz CT molecular complexity index is 1030. The average Bonchev–Trinajstić information content (AvgIpc) is 3.12. The lowest BCUT2D eigenvalue weighted by atomic mass is 10.1. The topological polar surface area (TPSA) is 81.5 Å². The van der Waals surface area contributed by atoms with Gasteiger partial charge in [-0.2, -0.15) is 0 Å². The first-order valence-corrected chi connectivity index (χ1v) is 9.62. The van der Waals surface area contributed by atoms with Gasteiger partial charge < -0.3 is 10.1 Å². The number of nitrogens with zero attached hydrogens (tertiary/aromatic N) is 1. The van der Waals surface area contributed by atoms with E-state index < -0.39 is 10.8 Å². The molecule has 0 bridgehead atoms. The molecule has 0 aliphatic heterocycles. The van der Waals surface area contributed by atoms with Gasteiger partial charge in [0, 0.05) is 16.7 Å². The van der Waals surface area contributed by atoms with Crippen molar-refractivity contribution in [3.05, 3.63) is 84.5 Å². The third-order valence-corrected chi connectivity index (χ3v) is 5.29. The van der Waals surface area contributed by atoms with Gasteiger partial charge in [-0.3, -0.25) is 14.9 Å². The third-order valence-electron chi connectivity index (χ3n) is 4.07. The number of hydrogen-bond donors (Lipinski definition) is 1. The molecule has 28 heavy (non-hydrogen) atoms. The van der Waals surface area contributed by atoms with E-state index in [4.69, 9.17) is 16.3 Å². The summed E-state index contributed by atoms with van der Waals surface area (Å²) in [5.41, 5.74) is 2.78. The molecule has 0 spiro atoms. The van der Waals surface area contributed by atoms with Crippen LogP contribution in [0.25, 0.3) is 0 Å². The zero-order chi connectivity index (χ0) is 20.3. The highest BCUT2D eigenvalue weighted by Gasteiger charge is 2.18. The van der Waals surface area contributed by atoms with Gasteiger partial charge in [0.05, 0.1) is 9.80 Å². The van der Waals surface area contributed by atoms with Crippen molar-refractivity contribution in [3.63, 3.8) is 0 Å². The maximum absolute atomic E-state index is 12.5. The minimum atomic E-state index is -0.584. The Kier molecular flexibility index (Phi) is 5.96. The van der Waals surface area contributed by atoms with Crippen molar-refractivity contribution in [1.82, 2.24) is 0 Å². The lowest BCUT2D eigenvalue weighted by Crippen LogP contribution is -2.11. The molecule has 0 radical (unpaired) electrons. The number of rotatable bonds is 6. The van der Waals surface area contributed by atoms with E-state index in [2.05, 4.69) is 5.32 Å². The molecule has 2 aromatic carbocycles. The van der Waals surface area contributed by atoms with E-state index in [1.165, 1.54) is 29.5 Å². The number of benzene rings is 2. The van der Waals surface area contributed by atoms with E-state index >= 15 is 0 Å². The summed E-state index contributed by atoms with van der Waals surface area (Å²) in [6.45, 7) is 4.29. The summed E-state index contributed by atoms with van der Waals surface area (Å²) in [5, 5.41) is 15.8. The van der Waals surface area contributed by atoms with Crippen LogP contribution in [0.3, 0.4) is 0 Å². The van der Waals surface area contributed by atoms with Crippen LogP contribution in [0.4, 0.5) is 11.4 Å². The number of nitrogens with one attached hydrogen (secondary N) is 1. The van der Waals surface area contributed by atoms with Gasteiger partial charge in [-0.05, 0) is 48.6 Å². The van der Waals surface area contributed by atoms with Crippen LogP contribution in [-0.2, 0) is 6.61 Å². The van der Waals surface area contributed by atoms with Gasteiger partial charge >= 0.3 is 0 Å². The monoisotopic (exact) mass is 416 g/mol. The Morgan fingerprint density at radius 1 is 1.21 bits per heavy atom. The molecule has 0 fully saturated rings. The number of ether oxygens (including phenoxy) is 1. The molecule has 0 aliphatic rings. The fourth-order valence-corrected chi connectivity index (χ4v) is 3.66. The molecule has 0 atom stereocenters. The SMILES string of the molecule is Cc1cccc(C)c1OCc1csc(C(=O)Nc2ccc(Cl)cc2[N+](=O)[O-])c1. The molecule has 0 saturated carbocycles. The summed E-state index contributed by atoms with van der Waals surface area (Å²) in [7, 11) is 0. The van der Waals surface area contributed by atoms with Gasteiger partial charge in [-0.1, -0.05) is 29.8 Å². The largest absolute Gasteiger partial charge is 0.488 e. The van der Waals surface area contributed by atoms with Crippen molar-refractivity contribution in [3.8, 4) is 5.75 Å². The van der Waals surface area contributed by atoms with Gasteiger partial charge in [0.1, 0.15) is 18.0 Å². The molecule has 1 aromatic heterocycles. The van der Waals surface area contributed by atoms with Crippen LogP contribution in [0.1, 0.15) is 26.4 Å². The van der Waals surface area contributed by atoms with Gasteiger partial charge in [0.25, 0.3) is 11.6 Å². The first-order valence-electron chi connectivity index (χ1n) is 8.37. The van der Waals surface area contributed by atoms with E-state index in [0.29, 0.717) is 11.5 Å². The first kappa shape index (κ1) is 19.9. The Balaban J connectivity index is 1.70. The van der Waals surface area contributed by atoms with Crippen molar-refractivity contribution >= 4 is 40.2 Å². The molecule has 0 aliphatic carbocycles. The second-order valence-corrected chi connectivity index (χ2v) is 7.55. The van der Waals surface area contributed by atoms with Crippen LogP contribution >= 0.6 is 22.9 Å². The minimum absolute atomic E-state index is 0.0983. The van der Waals surface area contributed by atoms with E-state index in [1.54, 1.807) is 6.07 Å². The predicted octanol–water partition coefficient (Wildman–Crippen LogP) is 5.76. The number of amides is 1. The molecule has 0 saturated heterocycles. The summed E-state index contributed by atoms with van der Waals surface area (Å²) in [6.07, 6.45) is 0. The quantitative estimate of drug-likeness (QED) is 0.409. The number of nitro benzene ring substituents is 1. The number of carbonyl (C=O) groups excluding carboxylic acids is 1.